The van der Waals surface area contributed by atoms with Crippen molar-refractivity contribution in [3.05, 3.63) is 53.6 Å². The largest absolute Gasteiger partial charge is 0.573 e. The van der Waals surface area contributed by atoms with E-state index >= 15 is 0 Å². The van der Waals surface area contributed by atoms with Gasteiger partial charge in [-0.3, -0.25) is 4.68 Å². The predicted octanol–water partition coefficient (Wildman–Crippen LogP) is 4.52. The van der Waals surface area contributed by atoms with Crippen LogP contribution in [0.15, 0.2) is 42.7 Å². The lowest BCUT2D eigenvalue weighted by atomic mass is 10.2. The Morgan fingerprint density at radius 3 is 2.73 bits per heavy atom. The van der Waals surface area contributed by atoms with Crippen molar-refractivity contribution in [2.45, 2.75) is 12.9 Å². The second-order valence-electron chi connectivity index (χ2n) is 5.82. The van der Waals surface area contributed by atoms with E-state index in [4.69, 9.17) is 11.6 Å². The molecule has 0 atom stereocenters. The monoisotopic (exact) mass is 380 g/mol. The van der Waals surface area contributed by atoms with Gasteiger partial charge in [0.15, 0.2) is 0 Å². The number of alkyl halides is 3. The molecule has 0 amide bonds. The Hall–Kier alpha value is -2.74. The van der Waals surface area contributed by atoms with Gasteiger partial charge in [0.25, 0.3) is 0 Å². The summed E-state index contributed by atoms with van der Waals surface area (Å²) in [4.78, 5) is 4.02. The van der Waals surface area contributed by atoms with Gasteiger partial charge in [0.2, 0.25) is 0 Å². The van der Waals surface area contributed by atoms with Crippen molar-refractivity contribution in [1.82, 2.24) is 19.3 Å². The minimum Gasteiger partial charge on any atom is -0.406 e. The van der Waals surface area contributed by atoms with Crippen molar-refractivity contribution in [3.8, 4) is 5.75 Å². The van der Waals surface area contributed by atoms with Crippen LogP contribution < -0.4 is 4.74 Å². The minimum absolute atomic E-state index is 0.246. The molecular weight excluding hydrogens is 369 g/mol. The minimum atomic E-state index is -4.71. The van der Waals surface area contributed by atoms with E-state index in [2.05, 4.69) is 14.8 Å². The molecule has 0 spiro atoms. The number of aryl methyl sites for hydroxylation is 1. The molecule has 3 aromatic heterocycles. The lowest BCUT2D eigenvalue weighted by Crippen LogP contribution is -2.16. The smallest absolute Gasteiger partial charge is 0.406 e. The second kappa shape index (κ2) is 5.91. The average Bonchev–Trinajstić information content (AvgIpc) is 3.08. The number of pyridine rings is 1. The fourth-order valence-corrected chi connectivity index (χ4v) is 3.14. The quantitative estimate of drug-likeness (QED) is 0.491. The summed E-state index contributed by atoms with van der Waals surface area (Å²) in [7, 11) is 1.85. The number of halogens is 4. The average molecular weight is 381 g/mol. The first-order valence-electron chi connectivity index (χ1n) is 7.62. The molecule has 0 aliphatic rings. The van der Waals surface area contributed by atoms with Gasteiger partial charge in [0.1, 0.15) is 10.9 Å². The Balaban J connectivity index is 1.69. The van der Waals surface area contributed by atoms with Gasteiger partial charge < -0.3 is 9.30 Å². The molecule has 3 heterocycles. The first kappa shape index (κ1) is 16.7. The number of ether oxygens (including phenoxy) is 1. The zero-order valence-corrected chi connectivity index (χ0v) is 14.2. The van der Waals surface area contributed by atoms with E-state index in [0.29, 0.717) is 17.1 Å². The SMILES string of the molecule is Cn1c(Cn2cc3c(Cl)nccc3n2)cc2cc(OC(F)(F)F)ccc21. The van der Waals surface area contributed by atoms with Gasteiger partial charge in [0, 0.05) is 36.0 Å². The van der Waals surface area contributed by atoms with E-state index in [9.17, 15) is 13.2 Å². The van der Waals surface area contributed by atoms with Crippen LogP contribution in [0, 0.1) is 0 Å². The van der Waals surface area contributed by atoms with Crippen molar-refractivity contribution in [1.29, 1.82) is 0 Å². The lowest BCUT2D eigenvalue weighted by molar-refractivity contribution is -0.274. The molecule has 9 heteroatoms. The van der Waals surface area contributed by atoms with Crippen molar-refractivity contribution >= 4 is 33.4 Å². The van der Waals surface area contributed by atoms with Crippen molar-refractivity contribution in [2.24, 2.45) is 7.05 Å². The predicted molar refractivity (Wildman–Crippen MR) is 91.2 cm³/mol. The molecule has 1 aromatic carbocycles. The molecule has 0 bridgehead atoms. The summed E-state index contributed by atoms with van der Waals surface area (Å²) in [5, 5.41) is 6.22. The number of benzene rings is 1. The van der Waals surface area contributed by atoms with Gasteiger partial charge >= 0.3 is 6.36 Å². The van der Waals surface area contributed by atoms with Crippen molar-refractivity contribution < 1.29 is 17.9 Å². The highest BCUT2D eigenvalue weighted by Crippen LogP contribution is 2.28. The molecule has 26 heavy (non-hydrogen) atoms. The molecule has 5 nitrogen and oxygen atoms in total. The van der Waals surface area contributed by atoms with Crippen LogP contribution in [0.4, 0.5) is 13.2 Å². The van der Waals surface area contributed by atoms with Crippen molar-refractivity contribution in [2.75, 3.05) is 0 Å². The number of hydrogen-bond donors (Lipinski definition) is 0. The van der Waals surface area contributed by atoms with E-state index in [0.717, 1.165) is 22.1 Å². The zero-order chi connectivity index (χ0) is 18.5. The molecular formula is C17H12ClF3N4O. The highest BCUT2D eigenvalue weighted by molar-refractivity contribution is 6.34. The molecule has 0 N–H and O–H groups in total. The maximum absolute atomic E-state index is 12.4. The fourth-order valence-electron chi connectivity index (χ4n) is 2.94. The van der Waals surface area contributed by atoms with Crippen LogP contribution in [0.1, 0.15) is 5.69 Å². The van der Waals surface area contributed by atoms with E-state index in [1.807, 2.05) is 17.7 Å². The Morgan fingerprint density at radius 1 is 1.19 bits per heavy atom. The van der Waals surface area contributed by atoms with Gasteiger partial charge in [-0.1, -0.05) is 11.6 Å². The normalized spacial score (nSPS) is 12.2. The topological polar surface area (TPSA) is 44.9 Å². The summed E-state index contributed by atoms with van der Waals surface area (Å²) < 4.78 is 44.8. The summed E-state index contributed by atoms with van der Waals surface area (Å²) in [6.45, 7) is 0.436. The maximum Gasteiger partial charge on any atom is 0.573 e. The number of fused-ring (bicyclic) bond motifs is 2. The van der Waals surface area contributed by atoms with Gasteiger partial charge in [-0.05, 0) is 30.3 Å². The third kappa shape index (κ3) is 3.08. The van der Waals surface area contributed by atoms with E-state index in [1.54, 1.807) is 29.2 Å². The Bertz CT molecular complexity index is 1120. The summed E-state index contributed by atoms with van der Waals surface area (Å²) in [6.07, 6.45) is -1.34. The molecule has 4 rings (SSSR count). The summed E-state index contributed by atoms with van der Waals surface area (Å²) >= 11 is 6.06. The van der Waals surface area contributed by atoms with Crippen LogP contribution in [-0.4, -0.2) is 25.7 Å². The van der Waals surface area contributed by atoms with Gasteiger partial charge in [-0.15, -0.1) is 13.2 Å². The maximum atomic E-state index is 12.4. The molecule has 0 saturated carbocycles. The number of nitrogens with zero attached hydrogens (tertiary/aromatic N) is 4. The highest BCUT2D eigenvalue weighted by Gasteiger charge is 2.31. The third-order valence-corrected chi connectivity index (χ3v) is 4.40. The van der Waals surface area contributed by atoms with Gasteiger partial charge in [-0.2, -0.15) is 5.10 Å². The summed E-state index contributed by atoms with van der Waals surface area (Å²) in [5.74, 6) is -0.246. The number of hydrogen-bond acceptors (Lipinski definition) is 3. The van der Waals surface area contributed by atoms with E-state index < -0.39 is 6.36 Å². The molecule has 0 radical (unpaired) electrons. The molecule has 134 valence electrons. The second-order valence-corrected chi connectivity index (χ2v) is 6.18. The van der Waals surface area contributed by atoms with Crippen LogP contribution in [-0.2, 0) is 13.6 Å². The molecule has 0 aliphatic carbocycles. The first-order chi connectivity index (χ1) is 12.3. The molecule has 0 fully saturated rings. The first-order valence-corrected chi connectivity index (χ1v) is 8.00. The molecule has 0 unspecified atom stereocenters. The Kier molecular flexibility index (Phi) is 3.80. The van der Waals surface area contributed by atoms with Gasteiger partial charge in [0.05, 0.1) is 17.4 Å². The summed E-state index contributed by atoms with van der Waals surface area (Å²) in [6, 6.07) is 7.84. The highest BCUT2D eigenvalue weighted by atomic mass is 35.5. The zero-order valence-electron chi connectivity index (χ0n) is 13.5. The standard InChI is InChI=1S/C17H12ClF3N4O/c1-24-11(8-25-9-13-14(23-25)4-5-22-16(13)18)6-10-7-12(2-3-15(10)24)26-17(19,20)21/h2-7,9H,8H2,1H3. The Morgan fingerprint density at radius 2 is 2.00 bits per heavy atom. The lowest BCUT2D eigenvalue weighted by Gasteiger charge is -2.08. The van der Waals surface area contributed by atoms with E-state index in [1.165, 1.54) is 12.1 Å². The Labute approximate surface area is 150 Å². The molecule has 0 saturated heterocycles. The van der Waals surface area contributed by atoms with Crippen molar-refractivity contribution in [3.63, 3.8) is 0 Å². The fraction of sp³-hybridized carbons (Fsp3) is 0.176. The molecule has 4 aromatic rings. The van der Waals surface area contributed by atoms with Crippen LogP contribution in [0.3, 0.4) is 0 Å². The van der Waals surface area contributed by atoms with Gasteiger partial charge in [-0.25, -0.2) is 4.98 Å². The van der Waals surface area contributed by atoms with E-state index in [-0.39, 0.29) is 5.75 Å². The number of rotatable bonds is 3. The van der Waals surface area contributed by atoms with Crippen LogP contribution in [0.5, 0.6) is 5.75 Å². The summed E-state index contributed by atoms with van der Waals surface area (Å²) in [5.41, 5.74) is 2.40. The van der Waals surface area contributed by atoms with Crippen LogP contribution >= 0.6 is 11.6 Å². The number of aromatic nitrogens is 4. The third-order valence-electron chi connectivity index (χ3n) is 4.10. The van der Waals surface area contributed by atoms with Crippen LogP contribution in [0.25, 0.3) is 21.8 Å². The van der Waals surface area contributed by atoms with Crippen LogP contribution in [0.2, 0.25) is 5.15 Å². The molecule has 0 aliphatic heterocycles.